The molecule has 1 heterocycles. The number of hydrogen-bond donors (Lipinski definition) is 2. The van der Waals surface area contributed by atoms with Gasteiger partial charge in [-0.25, -0.2) is 4.79 Å². The average molecular weight is 271 g/mol. The third-order valence-electron chi connectivity index (χ3n) is 2.25. The number of hydrogen-bond acceptors (Lipinski definition) is 4. The maximum absolute atomic E-state index is 10.9. The largest absolute Gasteiger partial charge is 0.480 e. The van der Waals surface area contributed by atoms with E-state index in [0.29, 0.717) is 12.2 Å². The Bertz CT molecular complexity index is 419. The highest BCUT2D eigenvalue weighted by atomic mass is 32.2. The van der Waals surface area contributed by atoms with Gasteiger partial charge in [-0.1, -0.05) is 0 Å². The quantitative estimate of drug-likeness (QED) is 0.711. The van der Waals surface area contributed by atoms with Gasteiger partial charge in [0.05, 0.1) is 5.69 Å². The lowest BCUT2D eigenvalue weighted by atomic mass is 10.2. The molecular weight excluding hydrogens is 254 g/mol. The number of carbonyl (C=O) groups is 2. The number of rotatable bonds is 7. The highest BCUT2D eigenvalue weighted by molar-refractivity contribution is 7.98. The summed E-state index contributed by atoms with van der Waals surface area (Å²) in [5.74, 6) is 0.0851. The van der Waals surface area contributed by atoms with Gasteiger partial charge in [0, 0.05) is 25.9 Å². The zero-order valence-corrected chi connectivity index (χ0v) is 11.2. The minimum absolute atomic E-state index is 0.322. The molecule has 0 radical (unpaired) electrons. The van der Waals surface area contributed by atoms with Crippen LogP contribution in [0.3, 0.4) is 0 Å². The highest BCUT2D eigenvalue weighted by Crippen LogP contribution is 2.12. The van der Waals surface area contributed by atoms with Crippen molar-refractivity contribution in [1.29, 1.82) is 0 Å². The number of amides is 1. The molecule has 100 valence electrons. The third kappa shape index (κ3) is 5.22. The van der Waals surface area contributed by atoms with Crippen molar-refractivity contribution < 1.29 is 14.7 Å². The van der Waals surface area contributed by atoms with Crippen LogP contribution in [0.2, 0.25) is 0 Å². The summed E-state index contributed by atoms with van der Waals surface area (Å²) in [6.45, 7) is 1.32. The second kappa shape index (κ2) is 7.05. The Balaban J connectivity index is 2.26. The first-order valence-corrected chi connectivity index (χ1v) is 6.70. The summed E-state index contributed by atoms with van der Waals surface area (Å²) in [5, 5.41) is 15.5. The second-order valence-corrected chi connectivity index (χ2v) is 5.02. The minimum atomic E-state index is -0.997. The van der Waals surface area contributed by atoms with Crippen LogP contribution in [-0.2, 0) is 22.4 Å². The number of nitrogens with zero attached hydrogens (tertiary/aromatic N) is 2. The fraction of sp³-hybridized carbons (Fsp3) is 0.545. The molecule has 7 heteroatoms. The van der Waals surface area contributed by atoms with Crippen LogP contribution in [0, 0.1) is 0 Å². The van der Waals surface area contributed by atoms with Crippen molar-refractivity contribution in [3.63, 3.8) is 0 Å². The number of carboxylic acid groups (broad SMARTS) is 1. The van der Waals surface area contributed by atoms with E-state index in [2.05, 4.69) is 10.4 Å². The van der Waals surface area contributed by atoms with Gasteiger partial charge in [-0.15, -0.1) is 0 Å². The van der Waals surface area contributed by atoms with Gasteiger partial charge in [-0.2, -0.15) is 16.9 Å². The maximum atomic E-state index is 10.9. The van der Waals surface area contributed by atoms with E-state index >= 15 is 0 Å². The Morgan fingerprint density at radius 3 is 2.83 bits per heavy atom. The summed E-state index contributed by atoms with van der Waals surface area (Å²) in [4.78, 5) is 21.7. The Hall–Kier alpha value is -1.50. The predicted molar refractivity (Wildman–Crippen MR) is 69.2 cm³/mol. The van der Waals surface area contributed by atoms with Crippen LogP contribution in [0.15, 0.2) is 12.3 Å². The van der Waals surface area contributed by atoms with Gasteiger partial charge in [-0.05, 0) is 18.2 Å². The molecule has 0 aliphatic rings. The average Bonchev–Trinajstić information content (AvgIpc) is 2.68. The van der Waals surface area contributed by atoms with Gasteiger partial charge >= 0.3 is 5.97 Å². The zero-order chi connectivity index (χ0) is 13.5. The topological polar surface area (TPSA) is 84.2 Å². The highest BCUT2D eigenvalue weighted by Gasteiger charge is 2.17. The molecule has 1 aromatic heterocycles. The molecule has 0 bridgehead atoms. The Morgan fingerprint density at radius 2 is 2.33 bits per heavy atom. The van der Waals surface area contributed by atoms with Crippen LogP contribution >= 0.6 is 11.8 Å². The van der Waals surface area contributed by atoms with Gasteiger partial charge in [0.1, 0.15) is 6.04 Å². The molecular formula is C11H17N3O3S. The van der Waals surface area contributed by atoms with E-state index in [9.17, 15) is 9.59 Å². The zero-order valence-electron chi connectivity index (χ0n) is 10.4. The summed E-state index contributed by atoms with van der Waals surface area (Å²) in [6, 6.07) is 1.12. The lowest BCUT2D eigenvalue weighted by Crippen LogP contribution is -2.39. The van der Waals surface area contributed by atoms with Crippen LogP contribution in [0.5, 0.6) is 0 Å². The van der Waals surface area contributed by atoms with E-state index in [4.69, 9.17) is 5.11 Å². The fourth-order valence-electron chi connectivity index (χ4n) is 1.42. The normalized spacial score (nSPS) is 12.1. The molecule has 0 aromatic carbocycles. The number of carbonyl (C=O) groups excluding carboxylic acids is 1. The molecule has 0 aliphatic carbocycles. The van der Waals surface area contributed by atoms with Crippen molar-refractivity contribution in [2.75, 3.05) is 5.75 Å². The Kier molecular flexibility index (Phi) is 5.70. The molecule has 0 spiro atoms. The number of carboxylic acids is 1. The lowest BCUT2D eigenvalue weighted by Gasteiger charge is -2.12. The van der Waals surface area contributed by atoms with Crippen molar-refractivity contribution in [3.05, 3.63) is 18.0 Å². The van der Waals surface area contributed by atoms with E-state index in [0.717, 1.165) is 11.4 Å². The second-order valence-electron chi connectivity index (χ2n) is 3.91. The number of thioether (sulfide) groups is 1. The van der Waals surface area contributed by atoms with Crippen LogP contribution in [0.4, 0.5) is 0 Å². The van der Waals surface area contributed by atoms with E-state index < -0.39 is 12.0 Å². The number of aromatic nitrogens is 2. The summed E-state index contributed by atoms with van der Waals surface area (Å²) in [6.07, 6.45) is 2.28. The summed E-state index contributed by atoms with van der Waals surface area (Å²) in [7, 11) is 1.85. The standard InChI is InChI=1S/C11H17N3O3S/c1-8(15)12-10(11(16)17)4-6-18-7-9-3-5-14(2)13-9/h3,5,10H,4,6-7H2,1-2H3,(H,12,15)(H,16,17). The van der Waals surface area contributed by atoms with E-state index in [1.165, 1.54) is 6.92 Å². The van der Waals surface area contributed by atoms with Crippen molar-refractivity contribution >= 4 is 23.6 Å². The first-order chi connectivity index (χ1) is 8.49. The molecule has 0 fully saturated rings. The van der Waals surface area contributed by atoms with Gasteiger partial charge < -0.3 is 10.4 Å². The van der Waals surface area contributed by atoms with Gasteiger partial charge in [-0.3, -0.25) is 9.48 Å². The molecule has 1 unspecified atom stereocenters. The maximum Gasteiger partial charge on any atom is 0.326 e. The third-order valence-corrected chi connectivity index (χ3v) is 3.27. The number of aryl methyl sites for hydroxylation is 1. The monoisotopic (exact) mass is 271 g/mol. The molecule has 1 aromatic rings. The summed E-state index contributed by atoms with van der Waals surface area (Å²) in [5.41, 5.74) is 0.967. The van der Waals surface area contributed by atoms with Gasteiger partial charge in [0.25, 0.3) is 0 Å². The number of aliphatic carboxylic acids is 1. The van der Waals surface area contributed by atoms with E-state index in [-0.39, 0.29) is 5.91 Å². The first-order valence-electron chi connectivity index (χ1n) is 5.55. The van der Waals surface area contributed by atoms with Crippen LogP contribution in [-0.4, -0.2) is 38.6 Å². The van der Waals surface area contributed by atoms with Crippen molar-refractivity contribution in [2.45, 2.75) is 25.1 Å². The van der Waals surface area contributed by atoms with Crippen LogP contribution in [0.1, 0.15) is 19.0 Å². The molecule has 2 N–H and O–H groups in total. The van der Waals surface area contributed by atoms with Crippen LogP contribution in [0.25, 0.3) is 0 Å². The van der Waals surface area contributed by atoms with Crippen molar-refractivity contribution in [1.82, 2.24) is 15.1 Å². The molecule has 18 heavy (non-hydrogen) atoms. The molecule has 1 atom stereocenters. The molecule has 6 nitrogen and oxygen atoms in total. The number of nitrogens with one attached hydrogen (secondary N) is 1. The van der Waals surface area contributed by atoms with E-state index in [1.807, 2.05) is 19.3 Å². The first kappa shape index (κ1) is 14.6. The molecule has 0 saturated heterocycles. The molecule has 0 saturated carbocycles. The Labute approximate surface area is 110 Å². The summed E-state index contributed by atoms with van der Waals surface area (Å²) < 4.78 is 1.73. The smallest absolute Gasteiger partial charge is 0.326 e. The van der Waals surface area contributed by atoms with Gasteiger partial charge in [0.15, 0.2) is 0 Å². The Morgan fingerprint density at radius 1 is 1.61 bits per heavy atom. The molecule has 0 aliphatic heterocycles. The SMILES string of the molecule is CC(=O)NC(CCSCc1ccn(C)n1)C(=O)O. The molecule has 1 rings (SSSR count). The minimum Gasteiger partial charge on any atom is -0.480 e. The predicted octanol–water partition coefficient (Wildman–Crippen LogP) is 0.633. The van der Waals surface area contributed by atoms with Crippen LogP contribution < -0.4 is 5.32 Å². The molecule has 1 amide bonds. The van der Waals surface area contributed by atoms with E-state index in [1.54, 1.807) is 16.4 Å². The van der Waals surface area contributed by atoms with Gasteiger partial charge in [0.2, 0.25) is 5.91 Å². The lowest BCUT2D eigenvalue weighted by molar-refractivity contribution is -0.141. The van der Waals surface area contributed by atoms with Crippen molar-refractivity contribution in [2.24, 2.45) is 7.05 Å². The van der Waals surface area contributed by atoms with Crippen molar-refractivity contribution in [3.8, 4) is 0 Å². The fourth-order valence-corrected chi connectivity index (χ4v) is 2.33. The summed E-state index contributed by atoms with van der Waals surface area (Å²) >= 11 is 1.60.